The van der Waals surface area contributed by atoms with Crippen LogP contribution in [0.5, 0.6) is 5.75 Å². The van der Waals surface area contributed by atoms with Crippen molar-refractivity contribution in [1.82, 2.24) is 9.55 Å². The third-order valence-electron chi connectivity index (χ3n) is 4.58. The summed E-state index contributed by atoms with van der Waals surface area (Å²) in [5.74, 6) is -0.0687. The van der Waals surface area contributed by atoms with Gasteiger partial charge in [-0.1, -0.05) is 32.5 Å². The molecule has 1 unspecified atom stereocenters. The second-order valence-electron chi connectivity index (χ2n) is 7.76. The first-order valence-corrected chi connectivity index (χ1v) is 9.97. The summed E-state index contributed by atoms with van der Waals surface area (Å²) in [5.41, 5.74) is 0.509. The van der Waals surface area contributed by atoms with Crippen molar-refractivity contribution in [2.24, 2.45) is 5.92 Å². The number of rotatable bonds is 4. The van der Waals surface area contributed by atoms with Gasteiger partial charge in [0, 0.05) is 29.8 Å². The minimum atomic E-state index is -0.534. The van der Waals surface area contributed by atoms with E-state index >= 15 is 0 Å². The van der Waals surface area contributed by atoms with Crippen LogP contribution in [-0.2, 0) is 16.8 Å². The number of nitrogens with one attached hydrogen (secondary N) is 1. The van der Waals surface area contributed by atoms with Gasteiger partial charge in [0.15, 0.2) is 5.16 Å². The number of anilines is 1. The Morgan fingerprint density at radius 1 is 1.38 bits per heavy atom. The molecule has 0 bridgehead atoms. The Hall–Kier alpha value is -2.88. The van der Waals surface area contributed by atoms with Crippen LogP contribution in [0.1, 0.15) is 26.5 Å². The van der Waals surface area contributed by atoms with E-state index in [4.69, 9.17) is 4.74 Å². The molecule has 1 atom stereocenters. The molecule has 0 saturated heterocycles. The highest BCUT2D eigenvalue weighted by Gasteiger charge is 2.29. The lowest BCUT2D eigenvalue weighted by Gasteiger charge is -2.26. The zero-order valence-electron chi connectivity index (χ0n) is 16.6. The monoisotopic (exact) mass is 418 g/mol. The third kappa shape index (κ3) is 4.42. The van der Waals surface area contributed by atoms with Crippen molar-refractivity contribution in [1.29, 1.82) is 0 Å². The zero-order valence-corrected chi connectivity index (χ0v) is 17.4. The first-order chi connectivity index (χ1) is 13.6. The number of thioether (sulfide) groups is 1. The van der Waals surface area contributed by atoms with Gasteiger partial charge in [-0.25, -0.2) is 4.98 Å². The summed E-state index contributed by atoms with van der Waals surface area (Å²) in [7, 11) is 1.37. The summed E-state index contributed by atoms with van der Waals surface area (Å²) in [5, 5.41) is 14.3. The van der Waals surface area contributed by atoms with Crippen molar-refractivity contribution < 1.29 is 14.5 Å². The number of amides is 1. The van der Waals surface area contributed by atoms with Gasteiger partial charge in [0.1, 0.15) is 5.75 Å². The van der Waals surface area contributed by atoms with Crippen LogP contribution >= 0.6 is 11.8 Å². The van der Waals surface area contributed by atoms with E-state index in [2.05, 4.69) is 10.3 Å². The minimum absolute atomic E-state index is 0.130. The molecule has 29 heavy (non-hydrogen) atoms. The van der Waals surface area contributed by atoms with Crippen LogP contribution in [0, 0.1) is 16.0 Å². The summed E-state index contributed by atoms with van der Waals surface area (Å²) in [6.07, 6.45) is 0. The largest absolute Gasteiger partial charge is 0.494 e. The van der Waals surface area contributed by atoms with E-state index in [1.54, 1.807) is 0 Å². The highest BCUT2D eigenvalue weighted by atomic mass is 32.2. The maximum atomic E-state index is 12.8. The van der Waals surface area contributed by atoms with Crippen molar-refractivity contribution in [3.05, 3.63) is 50.4 Å². The first kappa shape index (κ1) is 20.8. The second kappa shape index (κ2) is 7.86. The number of nitro groups is 1. The summed E-state index contributed by atoms with van der Waals surface area (Å²) < 4.78 is 6.67. The molecule has 1 aliphatic rings. The van der Waals surface area contributed by atoms with Crippen LogP contribution in [0.3, 0.4) is 0 Å². The predicted molar refractivity (Wildman–Crippen MR) is 110 cm³/mol. The molecular weight excluding hydrogens is 396 g/mol. The summed E-state index contributed by atoms with van der Waals surface area (Å²) >= 11 is 1.37. The van der Waals surface area contributed by atoms with Gasteiger partial charge in [-0.15, -0.1) is 0 Å². The number of aromatic nitrogens is 2. The molecule has 9 nitrogen and oxygen atoms in total. The molecule has 1 aromatic carbocycles. The normalized spacial score (nSPS) is 16.1. The topological polar surface area (TPSA) is 116 Å². The molecule has 1 N–H and O–H groups in total. The quantitative estimate of drug-likeness (QED) is 0.461. The number of nitrogens with zero attached hydrogens (tertiary/aromatic N) is 3. The minimum Gasteiger partial charge on any atom is -0.494 e. The molecular formula is C19H22N4O5S. The number of carbonyl (C=O) groups is 1. The highest BCUT2D eigenvalue weighted by Crippen LogP contribution is 2.31. The molecule has 0 spiro atoms. The Morgan fingerprint density at radius 3 is 2.72 bits per heavy atom. The lowest BCUT2D eigenvalue weighted by atomic mass is 9.92. The van der Waals surface area contributed by atoms with Crippen LogP contribution < -0.4 is 15.6 Å². The van der Waals surface area contributed by atoms with E-state index in [0.29, 0.717) is 16.6 Å². The number of benzene rings is 1. The average Bonchev–Trinajstić information content (AvgIpc) is 2.67. The van der Waals surface area contributed by atoms with Crippen LogP contribution in [0.2, 0.25) is 0 Å². The smallest absolute Gasteiger partial charge is 0.273 e. The Morgan fingerprint density at radius 2 is 2.10 bits per heavy atom. The van der Waals surface area contributed by atoms with E-state index in [1.165, 1.54) is 47.7 Å². The second-order valence-corrected chi connectivity index (χ2v) is 8.75. The molecule has 154 valence electrons. The Balaban J connectivity index is 1.80. The first-order valence-electron chi connectivity index (χ1n) is 8.98. The molecule has 10 heteroatoms. The van der Waals surface area contributed by atoms with Crippen molar-refractivity contribution in [2.45, 2.75) is 37.9 Å². The lowest BCUT2D eigenvalue weighted by molar-refractivity contribution is -0.384. The fourth-order valence-electron chi connectivity index (χ4n) is 2.89. The number of carbonyl (C=O) groups excluding carboxylic acids is 1. The number of fused-ring (bicyclic) bond motifs is 1. The number of nitro benzene ring substituents is 1. The SMILES string of the molecule is COc1cc([N+](=O)[O-])ccc1NC(=O)C1CSc2nc(C(C)(C)C)cc(=O)n2C1. The average molecular weight is 418 g/mol. The maximum Gasteiger partial charge on any atom is 0.273 e. The van der Waals surface area contributed by atoms with Crippen molar-refractivity contribution >= 4 is 29.0 Å². The van der Waals surface area contributed by atoms with Crippen molar-refractivity contribution in [2.75, 3.05) is 18.2 Å². The Labute approximate surface area is 171 Å². The number of methoxy groups -OCH3 is 1. The molecule has 0 saturated carbocycles. The molecule has 0 fully saturated rings. The standard InChI is InChI=1S/C19H22N4O5S/c1-19(2,3)15-8-16(24)22-9-11(10-29-18(22)21-15)17(25)20-13-6-5-12(23(26)27)7-14(13)28-4/h5-8,11H,9-10H2,1-4H3,(H,20,25). The van der Waals surface area contributed by atoms with Gasteiger partial charge in [-0.05, 0) is 6.07 Å². The molecule has 1 aliphatic heterocycles. The zero-order chi connectivity index (χ0) is 21.3. The summed E-state index contributed by atoms with van der Waals surface area (Å²) in [6, 6.07) is 5.50. The van der Waals surface area contributed by atoms with Crippen LogP contribution in [0.15, 0.2) is 34.2 Å². The van der Waals surface area contributed by atoms with E-state index in [1.807, 2.05) is 20.8 Å². The van der Waals surface area contributed by atoms with Gasteiger partial charge < -0.3 is 10.1 Å². The van der Waals surface area contributed by atoms with Crippen LogP contribution in [-0.4, -0.2) is 33.2 Å². The summed E-state index contributed by atoms with van der Waals surface area (Å²) in [4.78, 5) is 40.3. The van der Waals surface area contributed by atoms with Gasteiger partial charge >= 0.3 is 0 Å². The van der Waals surface area contributed by atoms with Crippen molar-refractivity contribution in [3.63, 3.8) is 0 Å². The maximum absolute atomic E-state index is 12.8. The van der Waals surface area contributed by atoms with E-state index in [9.17, 15) is 19.7 Å². The van der Waals surface area contributed by atoms with Crippen molar-refractivity contribution in [3.8, 4) is 5.75 Å². The molecule has 0 aliphatic carbocycles. The fraction of sp³-hybridized carbons (Fsp3) is 0.421. The van der Waals surface area contributed by atoms with Crippen LogP contribution in [0.4, 0.5) is 11.4 Å². The summed E-state index contributed by atoms with van der Waals surface area (Å²) in [6.45, 7) is 6.20. The van der Waals surface area contributed by atoms with Gasteiger partial charge in [0.05, 0.1) is 35.4 Å². The number of ether oxygens (including phenoxy) is 1. The predicted octanol–water partition coefficient (Wildman–Crippen LogP) is 2.82. The number of non-ortho nitro benzene ring substituents is 1. The van der Waals surface area contributed by atoms with Crippen LogP contribution in [0.25, 0.3) is 0 Å². The number of hydrogen-bond acceptors (Lipinski definition) is 7. The molecule has 1 aromatic heterocycles. The molecule has 2 aromatic rings. The fourth-order valence-corrected chi connectivity index (χ4v) is 3.98. The van der Waals surface area contributed by atoms with Gasteiger partial charge in [-0.3, -0.25) is 24.3 Å². The molecule has 1 amide bonds. The van der Waals surface area contributed by atoms with E-state index in [0.717, 1.165) is 5.69 Å². The molecule has 3 rings (SSSR count). The van der Waals surface area contributed by atoms with E-state index < -0.39 is 10.8 Å². The highest BCUT2D eigenvalue weighted by molar-refractivity contribution is 7.99. The Bertz CT molecular complexity index is 1030. The molecule has 2 heterocycles. The van der Waals surface area contributed by atoms with E-state index in [-0.39, 0.29) is 34.9 Å². The molecule has 0 radical (unpaired) electrons. The van der Waals surface area contributed by atoms with Gasteiger partial charge in [-0.2, -0.15) is 0 Å². The number of hydrogen-bond donors (Lipinski definition) is 1. The van der Waals surface area contributed by atoms with Gasteiger partial charge in [0.25, 0.3) is 11.2 Å². The Kier molecular flexibility index (Phi) is 5.65. The third-order valence-corrected chi connectivity index (χ3v) is 5.72. The van der Waals surface area contributed by atoms with Gasteiger partial charge in [0.2, 0.25) is 5.91 Å². The lowest BCUT2D eigenvalue weighted by Crippen LogP contribution is -2.37.